The molecule has 2 aliphatic rings. The minimum absolute atomic E-state index is 0.226. The van der Waals surface area contributed by atoms with E-state index in [1.807, 2.05) is 4.90 Å². The molecule has 2 aromatic rings. The summed E-state index contributed by atoms with van der Waals surface area (Å²) in [5.41, 5.74) is 2.48. The van der Waals surface area contributed by atoms with E-state index in [0.29, 0.717) is 13.1 Å². The molecule has 128 valence electrons. The fourth-order valence-corrected chi connectivity index (χ4v) is 3.67. The van der Waals surface area contributed by atoms with Crippen LogP contribution >= 0.6 is 0 Å². The number of nitrogens with zero attached hydrogens (tertiary/aromatic N) is 3. The topological polar surface area (TPSA) is 48.7 Å². The SMILES string of the molecule is Cn1ccc2cc(CN3CCN(C(=O)C4CC4)CC(O)C3)ccc21. The standard InChI is InChI=1S/C19H25N3O2/c1-20-7-6-16-10-14(2-5-18(16)20)11-21-8-9-22(13-17(23)12-21)19(24)15-3-4-15/h2,5-7,10,15,17,23H,3-4,8-9,11-13H2,1H3. The van der Waals surface area contributed by atoms with Gasteiger partial charge < -0.3 is 14.6 Å². The summed E-state index contributed by atoms with van der Waals surface area (Å²) in [5.74, 6) is 0.464. The lowest BCUT2D eigenvalue weighted by Crippen LogP contribution is -2.38. The molecule has 1 saturated carbocycles. The Morgan fingerprint density at radius 2 is 2.04 bits per heavy atom. The summed E-state index contributed by atoms with van der Waals surface area (Å²) in [6, 6.07) is 8.67. The van der Waals surface area contributed by atoms with Gasteiger partial charge in [0.25, 0.3) is 0 Å². The largest absolute Gasteiger partial charge is 0.390 e. The molecule has 0 radical (unpaired) electrons. The summed E-state index contributed by atoms with van der Waals surface area (Å²) in [4.78, 5) is 16.4. The van der Waals surface area contributed by atoms with E-state index in [4.69, 9.17) is 0 Å². The normalized spacial score (nSPS) is 22.8. The fourth-order valence-electron chi connectivity index (χ4n) is 3.67. The highest BCUT2D eigenvalue weighted by Gasteiger charge is 2.35. The van der Waals surface area contributed by atoms with Crippen LogP contribution in [0.25, 0.3) is 10.9 Å². The van der Waals surface area contributed by atoms with E-state index < -0.39 is 6.10 Å². The van der Waals surface area contributed by atoms with Gasteiger partial charge in [0.15, 0.2) is 0 Å². The summed E-state index contributed by atoms with van der Waals surface area (Å²) in [5, 5.41) is 11.5. The lowest BCUT2D eigenvalue weighted by atomic mass is 10.1. The van der Waals surface area contributed by atoms with Gasteiger partial charge in [-0.25, -0.2) is 0 Å². The first kappa shape index (κ1) is 15.7. The number of rotatable bonds is 3. The number of β-amino-alcohol motifs (C(OH)–C–C–N with tert-alkyl or cyclic N) is 1. The van der Waals surface area contributed by atoms with Gasteiger partial charge in [0.2, 0.25) is 5.91 Å². The molecule has 1 N–H and O–H groups in total. The van der Waals surface area contributed by atoms with Crippen LogP contribution in [0.4, 0.5) is 0 Å². The van der Waals surface area contributed by atoms with Crippen molar-refractivity contribution >= 4 is 16.8 Å². The number of aliphatic hydroxyl groups excluding tert-OH is 1. The first-order chi connectivity index (χ1) is 11.6. The minimum Gasteiger partial charge on any atom is -0.390 e. The van der Waals surface area contributed by atoms with Crippen LogP contribution in [0.2, 0.25) is 0 Å². The molecule has 1 unspecified atom stereocenters. The Morgan fingerprint density at radius 1 is 1.21 bits per heavy atom. The third-order valence-corrected chi connectivity index (χ3v) is 5.18. The van der Waals surface area contributed by atoms with E-state index in [9.17, 15) is 9.90 Å². The Morgan fingerprint density at radius 3 is 2.83 bits per heavy atom. The molecule has 1 saturated heterocycles. The van der Waals surface area contributed by atoms with Gasteiger partial charge in [0, 0.05) is 57.4 Å². The van der Waals surface area contributed by atoms with Crippen LogP contribution in [0.15, 0.2) is 30.5 Å². The Bertz CT molecular complexity index is 750. The van der Waals surface area contributed by atoms with Crippen LogP contribution in [0.1, 0.15) is 18.4 Å². The lowest BCUT2D eigenvalue weighted by molar-refractivity contribution is -0.133. The van der Waals surface area contributed by atoms with Gasteiger partial charge in [-0.15, -0.1) is 0 Å². The van der Waals surface area contributed by atoms with Gasteiger partial charge in [-0.3, -0.25) is 9.69 Å². The van der Waals surface area contributed by atoms with Crippen molar-refractivity contribution in [2.75, 3.05) is 26.2 Å². The molecular formula is C19H25N3O2. The second-order valence-electron chi connectivity index (χ2n) is 7.27. The highest BCUT2D eigenvalue weighted by atomic mass is 16.3. The number of aliphatic hydroxyl groups is 1. The van der Waals surface area contributed by atoms with E-state index in [1.54, 1.807) is 0 Å². The molecule has 1 aliphatic carbocycles. The van der Waals surface area contributed by atoms with E-state index in [0.717, 1.165) is 32.5 Å². The zero-order valence-corrected chi connectivity index (χ0v) is 14.2. The van der Waals surface area contributed by atoms with E-state index in [-0.39, 0.29) is 11.8 Å². The van der Waals surface area contributed by atoms with Crippen LogP contribution in [0.3, 0.4) is 0 Å². The Balaban J connectivity index is 1.44. The van der Waals surface area contributed by atoms with E-state index in [1.165, 1.54) is 16.5 Å². The Labute approximate surface area is 142 Å². The van der Waals surface area contributed by atoms with Crippen LogP contribution in [-0.4, -0.2) is 57.7 Å². The molecule has 0 bridgehead atoms. The van der Waals surface area contributed by atoms with Crippen LogP contribution in [0.5, 0.6) is 0 Å². The molecule has 2 heterocycles. The van der Waals surface area contributed by atoms with Crippen molar-refractivity contribution in [3.05, 3.63) is 36.0 Å². The van der Waals surface area contributed by atoms with Crippen molar-refractivity contribution in [2.24, 2.45) is 13.0 Å². The maximum atomic E-state index is 12.3. The first-order valence-electron chi connectivity index (χ1n) is 8.83. The van der Waals surface area contributed by atoms with Crippen molar-refractivity contribution in [1.29, 1.82) is 0 Å². The Kier molecular flexibility index (Phi) is 4.06. The highest BCUT2D eigenvalue weighted by molar-refractivity contribution is 5.81. The van der Waals surface area contributed by atoms with Gasteiger partial charge in [0.05, 0.1) is 6.10 Å². The van der Waals surface area contributed by atoms with Gasteiger partial charge in [-0.1, -0.05) is 6.07 Å². The molecule has 1 aliphatic heterocycles. The smallest absolute Gasteiger partial charge is 0.225 e. The van der Waals surface area contributed by atoms with Crippen molar-refractivity contribution in [3.63, 3.8) is 0 Å². The average molecular weight is 327 g/mol. The maximum Gasteiger partial charge on any atom is 0.225 e. The maximum absolute atomic E-state index is 12.3. The predicted octanol–water partition coefficient (Wildman–Crippen LogP) is 1.59. The first-order valence-corrected chi connectivity index (χ1v) is 8.83. The molecule has 1 aromatic carbocycles. The molecule has 1 amide bonds. The van der Waals surface area contributed by atoms with Gasteiger partial charge in [-0.05, 0) is 42.0 Å². The number of aromatic nitrogens is 1. The van der Waals surface area contributed by atoms with Crippen molar-refractivity contribution in [1.82, 2.24) is 14.4 Å². The summed E-state index contributed by atoms with van der Waals surface area (Å²) < 4.78 is 2.12. The van der Waals surface area contributed by atoms with E-state index >= 15 is 0 Å². The lowest BCUT2D eigenvalue weighted by Gasteiger charge is -2.21. The van der Waals surface area contributed by atoms with Gasteiger partial charge in [-0.2, -0.15) is 0 Å². The second kappa shape index (κ2) is 6.22. The van der Waals surface area contributed by atoms with Crippen molar-refractivity contribution in [2.45, 2.75) is 25.5 Å². The number of hydrogen-bond donors (Lipinski definition) is 1. The van der Waals surface area contributed by atoms with Crippen molar-refractivity contribution < 1.29 is 9.90 Å². The molecule has 2 fully saturated rings. The molecule has 24 heavy (non-hydrogen) atoms. The second-order valence-corrected chi connectivity index (χ2v) is 7.27. The predicted molar refractivity (Wildman–Crippen MR) is 93.5 cm³/mol. The van der Waals surface area contributed by atoms with Crippen LogP contribution in [-0.2, 0) is 18.4 Å². The zero-order chi connectivity index (χ0) is 16.7. The number of amides is 1. The number of aryl methyl sites for hydroxylation is 1. The fraction of sp³-hybridized carbons (Fsp3) is 0.526. The molecular weight excluding hydrogens is 302 g/mol. The molecule has 5 nitrogen and oxygen atoms in total. The third kappa shape index (κ3) is 3.19. The average Bonchev–Trinajstić information content (AvgIpc) is 3.36. The quantitative estimate of drug-likeness (QED) is 0.931. The number of hydrogen-bond acceptors (Lipinski definition) is 3. The third-order valence-electron chi connectivity index (χ3n) is 5.18. The van der Waals surface area contributed by atoms with E-state index in [2.05, 4.69) is 47.0 Å². The molecule has 5 heteroatoms. The van der Waals surface area contributed by atoms with Crippen LogP contribution in [0, 0.1) is 5.92 Å². The molecule has 0 spiro atoms. The zero-order valence-electron chi connectivity index (χ0n) is 14.2. The number of carbonyl (C=O) groups excluding carboxylic acids is 1. The van der Waals surface area contributed by atoms with Gasteiger partial charge >= 0.3 is 0 Å². The minimum atomic E-state index is -0.462. The van der Waals surface area contributed by atoms with Gasteiger partial charge in [0.1, 0.15) is 0 Å². The monoisotopic (exact) mass is 327 g/mol. The molecule has 4 rings (SSSR count). The van der Waals surface area contributed by atoms with Crippen molar-refractivity contribution in [3.8, 4) is 0 Å². The molecule has 1 aromatic heterocycles. The summed E-state index contributed by atoms with van der Waals surface area (Å²) in [6.45, 7) is 3.46. The summed E-state index contributed by atoms with van der Waals surface area (Å²) in [6.07, 6.45) is 3.65. The van der Waals surface area contributed by atoms with Crippen LogP contribution < -0.4 is 0 Å². The highest BCUT2D eigenvalue weighted by Crippen LogP contribution is 2.31. The number of carbonyl (C=O) groups is 1. The molecule has 1 atom stereocenters. The summed E-state index contributed by atoms with van der Waals surface area (Å²) in [7, 11) is 2.05. The number of fused-ring (bicyclic) bond motifs is 1. The number of benzene rings is 1. The Hall–Kier alpha value is -1.85. The summed E-state index contributed by atoms with van der Waals surface area (Å²) >= 11 is 0.